The summed E-state index contributed by atoms with van der Waals surface area (Å²) in [5.74, 6) is 2.79. The van der Waals surface area contributed by atoms with Crippen LogP contribution in [0.4, 0.5) is 0 Å². The van der Waals surface area contributed by atoms with Crippen LogP contribution in [-0.4, -0.2) is 145 Å². The third-order valence-electron chi connectivity index (χ3n) is 5.71. The van der Waals surface area contributed by atoms with Gasteiger partial charge in [-0.1, -0.05) is 0 Å². The largest absolute Gasteiger partial charge is 0.469 e. The van der Waals surface area contributed by atoms with Crippen LogP contribution in [0, 0.1) is 5.53 Å². The molecule has 39 heavy (non-hydrogen) atoms. The van der Waals surface area contributed by atoms with Gasteiger partial charge in [-0.05, 0) is 12.0 Å². The fourth-order valence-corrected chi connectivity index (χ4v) is 3.98. The highest BCUT2D eigenvalue weighted by Crippen LogP contribution is 2.37. The molecule has 0 saturated carbocycles. The zero-order chi connectivity index (χ0) is 29.5. The van der Waals surface area contributed by atoms with E-state index >= 15 is 0 Å². The number of nitrogens with one attached hydrogen (secondary N) is 1. The van der Waals surface area contributed by atoms with Crippen molar-refractivity contribution in [3.63, 3.8) is 0 Å². The van der Waals surface area contributed by atoms with Crippen molar-refractivity contribution >= 4 is 19.6 Å². The van der Waals surface area contributed by atoms with Crippen molar-refractivity contribution in [2.24, 2.45) is 5.90 Å². The second kappa shape index (κ2) is 15.0. The standard InChI is InChI=1S/C18H32N3O17P/c19-21(10(24)6-34-20)9(23)2-1-3-33-18-16(14(28)11(25)7(4-22)36-18)38-17-15(29)13(27)12(26)8(37-17)5-35-39(30,31)32/h7-8,11-19,22,25-29H,1-6,20H2,(H-,30,31,32)/p+1/t7?,8?,11-,12-,13+,14+,15?,16?,17-,18-/m1/s1. The number of nitrogens with zero attached hydrogens (tertiary/aromatic N) is 1. The van der Waals surface area contributed by atoms with E-state index in [0.717, 1.165) is 0 Å². The van der Waals surface area contributed by atoms with Crippen molar-refractivity contribution in [2.45, 2.75) is 74.3 Å². The molecule has 2 amide bonds. The molecular formula is C18H33N3O17P+. The smallest absolute Gasteiger partial charge is 0.394 e. The SMILES string of the molecule is N=[N+](C(=O)CCCO[C@@H]1OC(CO)[C@@H](O)[C@H](O)C1O[C@H]1OC(COP(=O)(O)O)[C@@H](O)[C@H](O)C1O)C(=O)CON. The van der Waals surface area contributed by atoms with E-state index in [1.54, 1.807) is 0 Å². The zero-order valence-corrected chi connectivity index (χ0v) is 21.1. The Morgan fingerprint density at radius 1 is 0.923 bits per heavy atom. The number of hydrogen-bond donors (Lipinski definition) is 10. The molecule has 2 aliphatic rings. The van der Waals surface area contributed by atoms with E-state index < -0.39 is 101 Å². The lowest BCUT2D eigenvalue weighted by atomic mass is 9.97. The fourth-order valence-electron chi connectivity index (χ4n) is 3.64. The molecule has 2 rings (SSSR count). The monoisotopic (exact) mass is 594 g/mol. The Kier molecular flexibility index (Phi) is 13.0. The number of nitrogens with two attached hydrogens (primary N) is 1. The third-order valence-corrected chi connectivity index (χ3v) is 6.20. The van der Waals surface area contributed by atoms with Gasteiger partial charge >= 0.3 is 19.6 Å². The van der Waals surface area contributed by atoms with E-state index in [4.69, 9.17) is 40.2 Å². The van der Waals surface area contributed by atoms with Crippen LogP contribution in [0.1, 0.15) is 12.8 Å². The Labute approximate surface area is 220 Å². The first-order valence-electron chi connectivity index (χ1n) is 11.4. The molecule has 20 nitrogen and oxygen atoms in total. The number of aliphatic hydroxyl groups is 6. The summed E-state index contributed by atoms with van der Waals surface area (Å²) in [6, 6.07) is 0. The van der Waals surface area contributed by atoms with Crippen molar-refractivity contribution in [1.29, 1.82) is 5.53 Å². The summed E-state index contributed by atoms with van der Waals surface area (Å²) in [4.78, 5) is 45.2. The van der Waals surface area contributed by atoms with Gasteiger partial charge in [0, 0.05) is 4.70 Å². The summed E-state index contributed by atoms with van der Waals surface area (Å²) < 4.78 is 36.9. The lowest BCUT2D eigenvalue weighted by Crippen LogP contribution is -2.64. The van der Waals surface area contributed by atoms with Gasteiger partial charge in [-0.15, -0.1) is 0 Å². The lowest BCUT2D eigenvalue weighted by molar-refractivity contribution is -0.464. The van der Waals surface area contributed by atoms with Crippen LogP contribution in [0.5, 0.6) is 0 Å². The van der Waals surface area contributed by atoms with Gasteiger partial charge in [0.1, 0.15) is 48.8 Å². The number of phosphoric ester groups is 1. The number of imide groups is 1. The topological polar surface area (TPSA) is 321 Å². The quantitative estimate of drug-likeness (QED) is 0.0312. The average Bonchev–Trinajstić information content (AvgIpc) is 2.88. The van der Waals surface area contributed by atoms with Crippen molar-refractivity contribution in [1.82, 2.24) is 0 Å². The van der Waals surface area contributed by atoms with Gasteiger partial charge in [-0.2, -0.15) is 0 Å². The summed E-state index contributed by atoms with van der Waals surface area (Å²) in [6.45, 7) is -2.70. The molecule has 0 spiro atoms. The minimum Gasteiger partial charge on any atom is -0.394 e. The zero-order valence-electron chi connectivity index (χ0n) is 20.2. The number of hydrogen-bond acceptors (Lipinski definition) is 17. The van der Waals surface area contributed by atoms with E-state index in [1.807, 2.05) is 0 Å². The molecule has 2 fully saturated rings. The number of ether oxygens (including phenoxy) is 4. The minimum atomic E-state index is -5.01. The Bertz CT molecular complexity index is 891. The Morgan fingerprint density at radius 3 is 2.13 bits per heavy atom. The number of phosphoric acid groups is 1. The van der Waals surface area contributed by atoms with Gasteiger partial charge in [0.05, 0.1) is 26.2 Å². The molecule has 2 aliphatic heterocycles. The molecule has 0 aromatic rings. The van der Waals surface area contributed by atoms with Crippen molar-refractivity contribution < 1.29 is 87.6 Å². The maximum absolute atomic E-state index is 11.9. The summed E-state index contributed by atoms with van der Waals surface area (Å²) in [6.07, 6.45) is -18.0. The second-order valence-corrected chi connectivity index (χ2v) is 9.76. The van der Waals surface area contributed by atoms with Gasteiger partial charge in [0.2, 0.25) is 0 Å². The molecular weight excluding hydrogens is 561 g/mol. The van der Waals surface area contributed by atoms with Crippen molar-refractivity contribution in [3.05, 3.63) is 0 Å². The fraction of sp³-hybridized carbons (Fsp3) is 0.889. The molecule has 21 heteroatoms. The molecule has 2 heterocycles. The first-order valence-corrected chi connectivity index (χ1v) is 12.9. The van der Waals surface area contributed by atoms with Gasteiger partial charge in [-0.25, -0.2) is 20.1 Å². The highest BCUT2D eigenvalue weighted by atomic mass is 31.2. The Morgan fingerprint density at radius 2 is 1.54 bits per heavy atom. The van der Waals surface area contributed by atoms with Crippen LogP contribution in [0.3, 0.4) is 0 Å². The number of rotatable bonds is 13. The van der Waals surface area contributed by atoms with Gasteiger partial charge in [0.15, 0.2) is 19.2 Å². The minimum absolute atomic E-state index is 0.0475. The van der Waals surface area contributed by atoms with Crippen LogP contribution in [-0.2, 0) is 42.5 Å². The van der Waals surface area contributed by atoms with Crippen molar-refractivity contribution in [3.8, 4) is 0 Å². The van der Waals surface area contributed by atoms with Crippen LogP contribution in [0.15, 0.2) is 0 Å². The highest BCUT2D eigenvalue weighted by molar-refractivity contribution is 7.46. The molecule has 226 valence electrons. The molecule has 0 radical (unpaired) electrons. The summed E-state index contributed by atoms with van der Waals surface area (Å²) in [5.41, 5.74) is 7.42. The van der Waals surface area contributed by atoms with E-state index in [9.17, 15) is 44.8 Å². The van der Waals surface area contributed by atoms with Crippen LogP contribution >= 0.6 is 7.82 Å². The van der Waals surface area contributed by atoms with Crippen LogP contribution in [0.2, 0.25) is 0 Å². The number of amides is 2. The summed E-state index contributed by atoms with van der Waals surface area (Å²) in [7, 11) is -5.01. The molecule has 4 unspecified atom stereocenters. The highest BCUT2D eigenvalue weighted by Gasteiger charge is 2.51. The lowest BCUT2D eigenvalue weighted by Gasteiger charge is -2.46. The third kappa shape index (κ3) is 9.30. The number of carbonyl (C=O) groups excluding carboxylic acids is 2. The van der Waals surface area contributed by atoms with Crippen LogP contribution in [0.25, 0.3) is 0 Å². The van der Waals surface area contributed by atoms with Gasteiger partial charge < -0.3 is 59.4 Å². The van der Waals surface area contributed by atoms with E-state index in [-0.39, 0.29) is 24.1 Å². The van der Waals surface area contributed by atoms with E-state index in [0.29, 0.717) is 0 Å². The average molecular weight is 594 g/mol. The molecule has 0 aliphatic carbocycles. The molecule has 2 saturated heterocycles. The first kappa shape index (κ1) is 33.8. The summed E-state index contributed by atoms with van der Waals surface area (Å²) >= 11 is 0. The summed E-state index contributed by atoms with van der Waals surface area (Å²) in [5, 5.41) is 60.8. The second-order valence-electron chi connectivity index (χ2n) is 8.52. The maximum Gasteiger partial charge on any atom is 0.469 e. The van der Waals surface area contributed by atoms with E-state index in [1.165, 1.54) is 0 Å². The van der Waals surface area contributed by atoms with Crippen molar-refractivity contribution in [2.75, 3.05) is 26.4 Å². The Hall–Kier alpha value is -1.43. The predicted molar refractivity (Wildman–Crippen MR) is 116 cm³/mol. The maximum atomic E-state index is 11.9. The molecule has 11 N–H and O–H groups in total. The van der Waals surface area contributed by atoms with Crippen LogP contribution < -0.4 is 5.90 Å². The van der Waals surface area contributed by atoms with Gasteiger partial charge in [-0.3, -0.25) is 9.36 Å². The number of aliphatic hydroxyl groups excluding tert-OH is 6. The normalized spacial score (nSPS) is 35.5. The molecule has 10 atom stereocenters. The van der Waals surface area contributed by atoms with Gasteiger partial charge in [0.25, 0.3) is 0 Å². The van der Waals surface area contributed by atoms with E-state index in [2.05, 4.69) is 9.36 Å². The Balaban J connectivity index is 2.08. The number of carbonyl (C=O) groups is 2. The molecule has 0 aromatic carbocycles. The molecule has 0 bridgehead atoms. The first-order chi connectivity index (χ1) is 18.2. The predicted octanol–water partition coefficient (Wildman–Crippen LogP) is -5.49. The molecule has 0 aromatic heterocycles.